The van der Waals surface area contributed by atoms with Gasteiger partial charge in [-0.1, -0.05) is 15.9 Å². The molecule has 0 amide bonds. The summed E-state index contributed by atoms with van der Waals surface area (Å²) in [4.78, 5) is 0.252. The molecule has 0 radical (unpaired) electrons. The minimum absolute atomic E-state index is 0.0189. The molecule has 1 aromatic carbocycles. The summed E-state index contributed by atoms with van der Waals surface area (Å²) in [5, 5.41) is 0. The number of benzene rings is 1. The second-order valence-electron chi connectivity index (χ2n) is 4.87. The lowest BCUT2D eigenvalue weighted by molar-refractivity contribution is 0.537. The van der Waals surface area contributed by atoms with Gasteiger partial charge in [-0.05, 0) is 50.3 Å². The number of nitrogens with one attached hydrogen (secondary N) is 1. The fraction of sp³-hybridized carbons (Fsp3) is 0.500. The molecular weight excluding hydrogens is 316 g/mol. The van der Waals surface area contributed by atoms with E-state index >= 15 is 0 Å². The summed E-state index contributed by atoms with van der Waals surface area (Å²) in [5.74, 6) is 0.476. The highest BCUT2D eigenvalue weighted by atomic mass is 79.9. The summed E-state index contributed by atoms with van der Waals surface area (Å²) in [7, 11) is -3.50. The van der Waals surface area contributed by atoms with Gasteiger partial charge in [0.1, 0.15) is 0 Å². The first-order valence-electron chi connectivity index (χ1n) is 5.89. The predicted octanol–water partition coefficient (Wildman–Crippen LogP) is 2.42. The van der Waals surface area contributed by atoms with E-state index in [0.717, 1.165) is 12.8 Å². The Balaban J connectivity index is 2.34. The van der Waals surface area contributed by atoms with Crippen molar-refractivity contribution in [1.29, 1.82) is 0 Å². The predicted molar refractivity (Wildman–Crippen MR) is 75.8 cm³/mol. The molecule has 0 saturated heterocycles. The van der Waals surface area contributed by atoms with E-state index in [2.05, 4.69) is 20.7 Å². The zero-order valence-electron chi connectivity index (χ0n) is 10.4. The first-order valence-corrected chi connectivity index (χ1v) is 8.17. The number of sulfonamides is 1. The number of anilines is 1. The monoisotopic (exact) mass is 332 g/mol. The first kappa shape index (κ1) is 13.8. The van der Waals surface area contributed by atoms with E-state index in [0.29, 0.717) is 21.6 Å². The van der Waals surface area contributed by atoms with Crippen LogP contribution in [0.1, 0.15) is 25.3 Å². The van der Waals surface area contributed by atoms with Gasteiger partial charge in [0.15, 0.2) is 0 Å². The van der Waals surface area contributed by atoms with Crippen LogP contribution in [-0.4, -0.2) is 14.5 Å². The van der Waals surface area contributed by atoms with Crippen molar-refractivity contribution in [2.45, 2.75) is 37.6 Å². The largest absolute Gasteiger partial charge is 0.398 e. The highest BCUT2D eigenvalue weighted by Crippen LogP contribution is 2.33. The van der Waals surface area contributed by atoms with Crippen molar-refractivity contribution in [1.82, 2.24) is 4.72 Å². The van der Waals surface area contributed by atoms with Gasteiger partial charge >= 0.3 is 0 Å². The van der Waals surface area contributed by atoms with Crippen LogP contribution in [0.15, 0.2) is 21.5 Å². The minimum Gasteiger partial charge on any atom is -0.398 e. The highest BCUT2D eigenvalue weighted by molar-refractivity contribution is 9.10. The summed E-state index contributed by atoms with van der Waals surface area (Å²) in [6.45, 7) is 3.63. The summed E-state index contributed by atoms with van der Waals surface area (Å²) in [6.07, 6.45) is 2.20. The van der Waals surface area contributed by atoms with E-state index in [9.17, 15) is 8.42 Å². The van der Waals surface area contributed by atoms with Crippen LogP contribution in [-0.2, 0) is 10.0 Å². The van der Waals surface area contributed by atoms with Gasteiger partial charge < -0.3 is 5.73 Å². The maximum Gasteiger partial charge on any atom is 0.241 e. The maximum atomic E-state index is 12.3. The Morgan fingerprint density at radius 3 is 2.61 bits per heavy atom. The minimum atomic E-state index is -3.50. The molecule has 0 aliphatic heterocycles. The molecule has 100 valence electrons. The van der Waals surface area contributed by atoms with Crippen molar-refractivity contribution >= 4 is 31.6 Å². The standard InChI is InChI=1S/C12H17BrN2O2S/c1-7-11(14)5-10(13)6-12(7)18(16,17)15-8(2)9-3-4-9/h5-6,8-9,15H,3-4,14H2,1-2H3. The molecule has 0 heterocycles. The lowest BCUT2D eigenvalue weighted by Crippen LogP contribution is -2.34. The van der Waals surface area contributed by atoms with Crippen LogP contribution < -0.4 is 10.5 Å². The Labute approximate surface area is 116 Å². The van der Waals surface area contributed by atoms with Gasteiger partial charge in [0.05, 0.1) is 4.90 Å². The van der Waals surface area contributed by atoms with Gasteiger partial charge in [0, 0.05) is 16.2 Å². The van der Waals surface area contributed by atoms with Crippen LogP contribution in [0.4, 0.5) is 5.69 Å². The third-order valence-electron chi connectivity index (χ3n) is 3.32. The fourth-order valence-electron chi connectivity index (χ4n) is 1.95. The quantitative estimate of drug-likeness (QED) is 0.831. The van der Waals surface area contributed by atoms with Crippen LogP contribution in [0.5, 0.6) is 0 Å². The molecule has 1 fully saturated rings. The smallest absolute Gasteiger partial charge is 0.241 e. The molecule has 0 bridgehead atoms. The maximum absolute atomic E-state index is 12.3. The molecule has 0 aromatic heterocycles. The number of rotatable bonds is 4. The van der Waals surface area contributed by atoms with E-state index in [1.54, 1.807) is 19.1 Å². The topological polar surface area (TPSA) is 72.2 Å². The molecule has 1 aliphatic carbocycles. The van der Waals surface area contributed by atoms with Gasteiger partial charge in [-0.15, -0.1) is 0 Å². The molecule has 3 N–H and O–H groups in total. The van der Waals surface area contributed by atoms with E-state index in [1.165, 1.54) is 0 Å². The van der Waals surface area contributed by atoms with Crippen LogP contribution in [0, 0.1) is 12.8 Å². The second kappa shape index (κ2) is 4.83. The molecule has 1 aromatic rings. The van der Waals surface area contributed by atoms with Crippen molar-refractivity contribution < 1.29 is 8.42 Å². The number of nitrogen functional groups attached to an aromatic ring is 1. The van der Waals surface area contributed by atoms with Gasteiger partial charge in [-0.2, -0.15) is 0 Å². The van der Waals surface area contributed by atoms with E-state index in [1.807, 2.05) is 6.92 Å². The van der Waals surface area contributed by atoms with Gasteiger partial charge in [0.25, 0.3) is 0 Å². The van der Waals surface area contributed by atoms with Crippen LogP contribution >= 0.6 is 15.9 Å². The lowest BCUT2D eigenvalue weighted by atomic mass is 10.2. The Morgan fingerprint density at radius 1 is 1.44 bits per heavy atom. The van der Waals surface area contributed by atoms with E-state index in [4.69, 9.17) is 5.73 Å². The van der Waals surface area contributed by atoms with Crippen molar-refractivity contribution in [3.63, 3.8) is 0 Å². The van der Waals surface area contributed by atoms with E-state index < -0.39 is 10.0 Å². The molecular formula is C12H17BrN2O2S. The Morgan fingerprint density at radius 2 is 2.06 bits per heavy atom. The number of hydrogen-bond donors (Lipinski definition) is 2. The summed E-state index contributed by atoms with van der Waals surface area (Å²) >= 11 is 3.27. The van der Waals surface area contributed by atoms with Gasteiger partial charge in [-0.25, -0.2) is 13.1 Å². The SMILES string of the molecule is Cc1c(N)cc(Br)cc1S(=O)(=O)NC(C)C1CC1. The second-order valence-corrected chi connectivity index (χ2v) is 7.46. The van der Waals surface area contributed by atoms with Crippen molar-refractivity contribution in [3.05, 3.63) is 22.2 Å². The number of nitrogens with two attached hydrogens (primary N) is 1. The third kappa shape index (κ3) is 2.87. The van der Waals surface area contributed by atoms with Crippen molar-refractivity contribution in [2.75, 3.05) is 5.73 Å². The normalized spacial score (nSPS) is 17.7. The Kier molecular flexibility index (Phi) is 3.71. The summed E-state index contributed by atoms with van der Waals surface area (Å²) < 4.78 is 28.0. The van der Waals surface area contributed by atoms with Crippen molar-refractivity contribution in [3.8, 4) is 0 Å². The average molecular weight is 333 g/mol. The zero-order chi connectivity index (χ0) is 13.5. The molecule has 4 nitrogen and oxygen atoms in total. The molecule has 1 saturated carbocycles. The first-order chi connectivity index (χ1) is 8.31. The molecule has 1 aliphatic rings. The van der Waals surface area contributed by atoms with Crippen LogP contribution in [0.25, 0.3) is 0 Å². The number of hydrogen-bond acceptors (Lipinski definition) is 3. The van der Waals surface area contributed by atoms with Gasteiger partial charge in [-0.3, -0.25) is 0 Å². The molecule has 1 unspecified atom stereocenters. The summed E-state index contributed by atoms with van der Waals surface area (Å²) in [6, 6.07) is 3.28. The third-order valence-corrected chi connectivity index (χ3v) is 5.47. The number of halogens is 1. The highest BCUT2D eigenvalue weighted by Gasteiger charge is 2.31. The molecule has 6 heteroatoms. The zero-order valence-corrected chi connectivity index (χ0v) is 12.8. The van der Waals surface area contributed by atoms with Gasteiger partial charge in [0.2, 0.25) is 10.0 Å². The van der Waals surface area contributed by atoms with Crippen LogP contribution in [0.2, 0.25) is 0 Å². The Hall–Kier alpha value is -0.590. The molecule has 18 heavy (non-hydrogen) atoms. The van der Waals surface area contributed by atoms with Crippen LogP contribution in [0.3, 0.4) is 0 Å². The Bertz CT molecular complexity index is 568. The van der Waals surface area contributed by atoms with E-state index in [-0.39, 0.29) is 10.9 Å². The lowest BCUT2D eigenvalue weighted by Gasteiger charge is -2.16. The fourth-order valence-corrected chi connectivity index (χ4v) is 4.19. The molecule has 2 rings (SSSR count). The summed E-state index contributed by atoms with van der Waals surface area (Å²) in [5.41, 5.74) is 6.87. The van der Waals surface area contributed by atoms with Crippen molar-refractivity contribution in [2.24, 2.45) is 5.92 Å². The average Bonchev–Trinajstić information content (AvgIpc) is 3.05. The molecule has 1 atom stereocenters. The molecule has 0 spiro atoms.